The van der Waals surface area contributed by atoms with Crippen molar-refractivity contribution in [3.63, 3.8) is 0 Å². The van der Waals surface area contributed by atoms with Gasteiger partial charge in [0.1, 0.15) is 0 Å². The number of amides is 1. The van der Waals surface area contributed by atoms with Crippen LogP contribution in [0.15, 0.2) is 35.3 Å². The van der Waals surface area contributed by atoms with Crippen LogP contribution in [0.3, 0.4) is 0 Å². The number of primary amides is 1. The number of aromatic nitrogens is 3. The number of hydrogen-bond donors (Lipinski definition) is 1. The molecule has 1 aromatic rings. The van der Waals surface area contributed by atoms with Crippen molar-refractivity contribution in [1.29, 1.82) is 0 Å². The Kier molecular flexibility index (Phi) is 3.58. The summed E-state index contributed by atoms with van der Waals surface area (Å²) in [7, 11) is 0. The Morgan fingerprint density at radius 1 is 1.50 bits per heavy atom. The first-order chi connectivity index (χ1) is 8.72. The average molecular weight is 242 g/mol. The minimum atomic E-state index is -0.530. The molecule has 0 unspecified atom stereocenters. The molecule has 92 valence electrons. The van der Waals surface area contributed by atoms with Crippen LogP contribution < -0.4 is 5.73 Å². The molecule has 0 fully saturated rings. The molecule has 0 saturated carbocycles. The van der Waals surface area contributed by atoms with Crippen LogP contribution in [0.4, 0.5) is 0 Å². The summed E-state index contributed by atoms with van der Waals surface area (Å²) in [4.78, 5) is 11.3. The van der Waals surface area contributed by atoms with Gasteiger partial charge in [-0.25, -0.2) is 4.68 Å². The molecule has 2 N–H and O–H groups in total. The van der Waals surface area contributed by atoms with E-state index in [-0.39, 0.29) is 5.69 Å². The van der Waals surface area contributed by atoms with Crippen molar-refractivity contribution in [1.82, 2.24) is 15.0 Å². The van der Waals surface area contributed by atoms with E-state index in [0.29, 0.717) is 6.54 Å². The molecular formula is C13H14N4O. The van der Waals surface area contributed by atoms with Gasteiger partial charge in [0.25, 0.3) is 5.91 Å². The molecule has 0 spiro atoms. The van der Waals surface area contributed by atoms with Gasteiger partial charge in [0.2, 0.25) is 0 Å². The SMILES string of the molecule is CCCc1c(C(N)=O)nnn1CC1=CC=C=C=C1. The zero-order valence-corrected chi connectivity index (χ0v) is 10.2. The number of nitrogens with zero attached hydrogens (tertiary/aromatic N) is 3. The van der Waals surface area contributed by atoms with Gasteiger partial charge >= 0.3 is 0 Å². The first-order valence-electron chi connectivity index (χ1n) is 5.81. The molecule has 0 aromatic carbocycles. The summed E-state index contributed by atoms with van der Waals surface area (Å²) in [5, 5.41) is 7.84. The van der Waals surface area contributed by atoms with Gasteiger partial charge in [0, 0.05) is 0 Å². The molecule has 5 nitrogen and oxygen atoms in total. The summed E-state index contributed by atoms with van der Waals surface area (Å²) in [5.41, 5.74) is 13.1. The molecule has 0 aliphatic heterocycles. The standard InChI is InChI=1S/C13H14N4O/c1-2-6-11-12(13(14)18)15-16-17(11)9-10-7-4-3-5-8-10/h4,7-8H,2,6,9H2,1H3,(H2,14,18). The summed E-state index contributed by atoms with van der Waals surface area (Å²) in [5.74, 6) is -0.530. The van der Waals surface area contributed by atoms with E-state index in [1.807, 2.05) is 19.1 Å². The molecule has 2 rings (SSSR count). The topological polar surface area (TPSA) is 73.8 Å². The Labute approximate surface area is 105 Å². The third-order valence-corrected chi connectivity index (χ3v) is 2.61. The van der Waals surface area contributed by atoms with Crippen molar-refractivity contribution in [3.8, 4) is 0 Å². The van der Waals surface area contributed by atoms with E-state index in [1.54, 1.807) is 10.8 Å². The van der Waals surface area contributed by atoms with E-state index >= 15 is 0 Å². The highest BCUT2D eigenvalue weighted by Crippen LogP contribution is 2.11. The average Bonchev–Trinajstić information content (AvgIpc) is 2.74. The molecule has 0 atom stereocenters. The van der Waals surface area contributed by atoms with Gasteiger partial charge in [0.05, 0.1) is 12.2 Å². The Morgan fingerprint density at radius 3 is 2.94 bits per heavy atom. The Morgan fingerprint density at radius 2 is 2.33 bits per heavy atom. The summed E-state index contributed by atoms with van der Waals surface area (Å²) in [6.07, 6.45) is 7.19. The molecule has 1 heterocycles. The fourth-order valence-corrected chi connectivity index (χ4v) is 1.79. The second kappa shape index (κ2) is 5.32. The lowest BCUT2D eigenvalue weighted by atomic mass is 10.1. The molecule has 0 radical (unpaired) electrons. The van der Waals surface area contributed by atoms with Gasteiger partial charge in [-0.05, 0) is 30.2 Å². The summed E-state index contributed by atoms with van der Waals surface area (Å²) >= 11 is 0. The number of nitrogens with two attached hydrogens (primary N) is 1. The Hall–Kier alpha value is -2.35. The maximum absolute atomic E-state index is 11.3. The molecule has 1 aliphatic carbocycles. The third-order valence-electron chi connectivity index (χ3n) is 2.61. The minimum absolute atomic E-state index is 0.267. The van der Waals surface area contributed by atoms with Crippen LogP contribution >= 0.6 is 0 Å². The van der Waals surface area contributed by atoms with Crippen LogP contribution in [-0.2, 0) is 13.0 Å². The van der Waals surface area contributed by atoms with E-state index in [0.717, 1.165) is 24.1 Å². The van der Waals surface area contributed by atoms with E-state index in [1.165, 1.54) is 0 Å². The lowest BCUT2D eigenvalue weighted by Gasteiger charge is -2.06. The zero-order valence-electron chi connectivity index (χ0n) is 10.2. The van der Waals surface area contributed by atoms with Crippen molar-refractivity contribution in [2.24, 2.45) is 5.73 Å². The molecule has 1 aliphatic rings. The van der Waals surface area contributed by atoms with Gasteiger partial charge < -0.3 is 5.73 Å². The van der Waals surface area contributed by atoms with Crippen molar-refractivity contribution >= 4 is 5.91 Å². The third kappa shape index (κ3) is 2.48. The minimum Gasteiger partial charge on any atom is -0.364 e. The number of carbonyl (C=O) groups is 1. The Bertz CT molecular complexity index is 597. The van der Waals surface area contributed by atoms with Crippen molar-refractivity contribution in [2.45, 2.75) is 26.3 Å². The summed E-state index contributed by atoms with van der Waals surface area (Å²) in [6, 6.07) is 0. The van der Waals surface area contributed by atoms with E-state index < -0.39 is 5.91 Å². The second-order valence-corrected chi connectivity index (χ2v) is 4.00. The largest absolute Gasteiger partial charge is 0.364 e. The maximum atomic E-state index is 11.3. The fraction of sp³-hybridized carbons (Fsp3) is 0.308. The van der Waals surface area contributed by atoms with Crippen LogP contribution in [-0.4, -0.2) is 20.9 Å². The van der Waals surface area contributed by atoms with Crippen LogP contribution in [0.2, 0.25) is 0 Å². The van der Waals surface area contributed by atoms with Gasteiger partial charge in [-0.1, -0.05) is 30.0 Å². The van der Waals surface area contributed by atoms with Crippen molar-refractivity contribution in [3.05, 3.63) is 46.7 Å². The predicted molar refractivity (Wildman–Crippen MR) is 66.8 cm³/mol. The number of rotatable bonds is 5. The van der Waals surface area contributed by atoms with Gasteiger partial charge in [-0.3, -0.25) is 4.79 Å². The van der Waals surface area contributed by atoms with Crippen molar-refractivity contribution in [2.75, 3.05) is 0 Å². The summed E-state index contributed by atoms with van der Waals surface area (Å²) < 4.78 is 1.72. The maximum Gasteiger partial charge on any atom is 0.271 e. The first-order valence-corrected chi connectivity index (χ1v) is 5.81. The van der Waals surface area contributed by atoms with E-state index in [2.05, 4.69) is 21.8 Å². The van der Waals surface area contributed by atoms with Crippen LogP contribution in [0, 0.1) is 0 Å². The van der Waals surface area contributed by atoms with Crippen LogP contribution in [0.5, 0.6) is 0 Å². The second-order valence-electron chi connectivity index (χ2n) is 4.00. The monoisotopic (exact) mass is 242 g/mol. The van der Waals surface area contributed by atoms with Crippen molar-refractivity contribution < 1.29 is 4.79 Å². The van der Waals surface area contributed by atoms with E-state index in [9.17, 15) is 4.79 Å². The molecule has 0 saturated heterocycles. The normalized spacial score (nSPS) is 12.8. The molecule has 5 heteroatoms. The predicted octanol–water partition coefficient (Wildman–Crippen LogP) is 1.14. The molecule has 0 bridgehead atoms. The Balaban J connectivity index is 2.28. The van der Waals surface area contributed by atoms with Gasteiger partial charge in [-0.15, -0.1) is 5.10 Å². The number of carbonyl (C=O) groups excluding carboxylic acids is 1. The molecule has 1 aromatic heterocycles. The highest BCUT2D eigenvalue weighted by atomic mass is 16.1. The van der Waals surface area contributed by atoms with Gasteiger partial charge in [-0.2, -0.15) is 0 Å². The fourth-order valence-electron chi connectivity index (χ4n) is 1.79. The lowest BCUT2D eigenvalue weighted by molar-refractivity contribution is 0.0994. The van der Waals surface area contributed by atoms with Crippen LogP contribution in [0.25, 0.3) is 0 Å². The lowest BCUT2D eigenvalue weighted by Crippen LogP contribution is -2.15. The quantitative estimate of drug-likeness (QED) is 0.787. The highest BCUT2D eigenvalue weighted by molar-refractivity contribution is 5.91. The van der Waals surface area contributed by atoms with Gasteiger partial charge in [0.15, 0.2) is 5.69 Å². The molecule has 18 heavy (non-hydrogen) atoms. The van der Waals surface area contributed by atoms with E-state index in [4.69, 9.17) is 5.73 Å². The number of hydrogen-bond acceptors (Lipinski definition) is 3. The smallest absolute Gasteiger partial charge is 0.271 e. The molecule has 1 amide bonds. The first kappa shape index (κ1) is 12.1. The summed E-state index contributed by atoms with van der Waals surface area (Å²) in [6.45, 7) is 2.59. The number of allylic oxidation sites excluding steroid dienone is 4. The van der Waals surface area contributed by atoms with Crippen LogP contribution in [0.1, 0.15) is 29.5 Å². The molecular weight excluding hydrogens is 228 g/mol. The zero-order chi connectivity index (χ0) is 13.0. The highest BCUT2D eigenvalue weighted by Gasteiger charge is 2.16.